The monoisotopic (exact) mass is 244 g/mol. The molecule has 0 aliphatic carbocycles. The molecule has 1 fully saturated rings. The number of aromatic amines is 1. The third-order valence-electron chi connectivity index (χ3n) is 3.33. The maximum Gasteiger partial charge on any atom is 0.254 e. The zero-order valence-electron chi connectivity index (χ0n) is 10.2. The summed E-state index contributed by atoms with van der Waals surface area (Å²) in [5, 5.41) is 0.993. The van der Waals surface area contributed by atoms with Crippen LogP contribution in [-0.2, 0) is 4.74 Å². The fraction of sp³-hybridized carbons (Fsp3) is 0.357. The zero-order chi connectivity index (χ0) is 12.4. The Morgan fingerprint density at radius 1 is 1.22 bits per heavy atom. The minimum atomic E-state index is 0.103. The van der Waals surface area contributed by atoms with Crippen molar-refractivity contribution in [3.05, 3.63) is 36.0 Å². The lowest BCUT2D eigenvalue weighted by Crippen LogP contribution is -2.33. The summed E-state index contributed by atoms with van der Waals surface area (Å²) in [6.45, 7) is 2.84. The van der Waals surface area contributed by atoms with E-state index in [4.69, 9.17) is 4.74 Å². The Morgan fingerprint density at radius 3 is 3.11 bits per heavy atom. The van der Waals surface area contributed by atoms with Crippen LogP contribution in [0.5, 0.6) is 0 Å². The first-order valence-electron chi connectivity index (χ1n) is 6.29. The maximum atomic E-state index is 12.5. The summed E-state index contributed by atoms with van der Waals surface area (Å²) in [4.78, 5) is 17.5. The van der Waals surface area contributed by atoms with Crippen molar-refractivity contribution in [3.8, 4) is 0 Å². The predicted octanol–water partition coefficient (Wildman–Crippen LogP) is 2.03. The smallest absolute Gasteiger partial charge is 0.254 e. The summed E-state index contributed by atoms with van der Waals surface area (Å²) in [5.74, 6) is 0.103. The number of hydrogen-bond acceptors (Lipinski definition) is 2. The molecule has 3 rings (SSSR count). The van der Waals surface area contributed by atoms with Crippen molar-refractivity contribution in [2.45, 2.75) is 6.42 Å². The number of carbonyl (C=O) groups is 1. The Morgan fingerprint density at radius 2 is 2.17 bits per heavy atom. The first-order chi connectivity index (χ1) is 8.86. The van der Waals surface area contributed by atoms with Gasteiger partial charge < -0.3 is 14.6 Å². The molecule has 2 heterocycles. The molecule has 1 amide bonds. The van der Waals surface area contributed by atoms with E-state index in [1.54, 1.807) is 0 Å². The summed E-state index contributed by atoms with van der Waals surface area (Å²) in [7, 11) is 0. The number of benzene rings is 1. The van der Waals surface area contributed by atoms with Crippen molar-refractivity contribution < 1.29 is 9.53 Å². The number of nitrogens with zero attached hydrogens (tertiary/aromatic N) is 1. The molecule has 1 aliphatic heterocycles. The van der Waals surface area contributed by atoms with Crippen LogP contribution in [0.4, 0.5) is 0 Å². The molecule has 18 heavy (non-hydrogen) atoms. The molecule has 94 valence electrons. The molecule has 4 heteroatoms. The molecular weight excluding hydrogens is 228 g/mol. The van der Waals surface area contributed by atoms with Crippen LogP contribution in [0.15, 0.2) is 30.5 Å². The van der Waals surface area contributed by atoms with Gasteiger partial charge in [-0.05, 0) is 24.6 Å². The number of fused-ring (bicyclic) bond motifs is 1. The van der Waals surface area contributed by atoms with Crippen molar-refractivity contribution >= 4 is 16.8 Å². The third-order valence-corrected chi connectivity index (χ3v) is 3.33. The van der Waals surface area contributed by atoms with Gasteiger partial charge in [0.1, 0.15) is 0 Å². The fourth-order valence-corrected chi connectivity index (χ4v) is 2.39. The molecule has 1 aliphatic rings. The number of rotatable bonds is 1. The highest BCUT2D eigenvalue weighted by Crippen LogP contribution is 2.19. The number of nitrogens with one attached hydrogen (secondary N) is 1. The molecule has 0 radical (unpaired) electrons. The minimum Gasteiger partial charge on any atom is -0.380 e. The third kappa shape index (κ3) is 1.99. The van der Waals surface area contributed by atoms with E-state index in [-0.39, 0.29) is 5.91 Å². The molecule has 0 spiro atoms. The van der Waals surface area contributed by atoms with E-state index in [9.17, 15) is 4.79 Å². The number of ether oxygens (including phenoxy) is 1. The number of carbonyl (C=O) groups excluding carboxylic acids is 1. The van der Waals surface area contributed by atoms with Crippen LogP contribution >= 0.6 is 0 Å². The van der Waals surface area contributed by atoms with Crippen molar-refractivity contribution in [2.75, 3.05) is 26.3 Å². The molecule has 0 bridgehead atoms. The SMILES string of the molecule is O=C(c1cccc2[nH]ccc12)N1CCCOCC1. The van der Waals surface area contributed by atoms with Gasteiger partial charge in [-0.25, -0.2) is 0 Å². The standard InChI is InChI=1S/C14H16N2O2/c17-14(16-7-2-9-18-10-8-16)12-3-1-4-13-11(12)5-6-15-13/h1,3-6,15H,2,7-10H2. The van der Waals surface area contributed by atoms with Gasteiger partial charge >= 0.3 is 0 Å². The summed E-state index contributed by atoms with van der Waals surface area (Å²) >= 11 is 0. The van der Waals surface area contributed by atoms with E-state index in [1.165, 1.54) is 0 Å². The van der Waals surface area contributed by atoms with E-state index in [0.29, 0.717) is 13.2 Å². The van der Waals surface area contributed by atoms with E-state index in [0.717, 1.165) is 36.0 Å². The van der Waals surface area contributed by atoms with Gasteiger partial charge in [-0.1, -0.05) is 6.07 Å². The number of hydrogen-bond donors (Lipinski definition) is 1. The molecule has 1 saturated heterocycles. The highest BCUT2D eigenvalue weighted by atomic mass is 16.5. The lowest BCUT2D eigenvalue weighted by atomic mass is 10.1. The summed E-state index contributed by atoms with van der Waals surface area (Å²) in [5.41, 5.74) is 1.78. The second kappa shape index (κ2) is 4.82. The van der Waals surface area contributed by atoms with Crippen LogP contribution in [0.2, 0.25) is 0 Å². The lowest BCUT2D eigenvalue weighted by molar-refractivity contribution is 0.0743. The summed E-state index contributed by atoms with van der Waals surface area (Å²) in [6, 6.07) is 7.75. The van der Waals surface area contributed by atoms with E-state index in [1.807, 2.05) is 35.4 Å². The molecule has 1 aromatic heterocycles. The molecule has 2 aromatic rings. The average molecular weight is 244 g/mol. The summed E-state index contributed by atoms with van der Waals surface area (Å²) < 4.78 is 5.38. The minimum absolute atomic E-state index is 0.103. The highest BCUT2D eigenvalue weighted by molar-refractivity contribution is 6.06. The Kier molecular flexibility index (Phi) is 3.02. The van der Waals surface area contributed by atoms with Gasteiger partial charge in [0.25, 0.3) is 5.91 Å². The average Bonchev–Trinajstić information content (AvgIpc) is 2.71. The molecular formula is C14H16N2O2. The first-order valence-corrected chi connectivity index (χ1v) is 6.29. The van der Waals surface area contributed by atoms with Crippen LogP contribution in [0, 0.1) is 0 Å². The Hall–Kier alpha value is -1.81. The van der Waals surface area contributed by atoms with Crippen LogP contribution in [0.25, 0.3) is 10.9 Å². The van der Waals surface area contributed by atoms with Crippen molar-refractivity contribution in [1.29, 1.82) is 0 Å². The van der Waals surface area contributed by atoms with Crippen LogP contribution in [0.1, 0.15) is 16.8 Å². The predicted molar refractivity (Wildman–Crippen MR) is 69.6 cm³/mol. The highest BCUT2D eigenvalue weighted by Gasteiger charge is 2.19. The zero-order valence-corrected chi connectivity index (χ0v) is 10.2. The number of H-pyrrole nitrogens is 1. The molecule has 4 nitrogen and oxygen atoms in total. The lowest BCUT2D eigenvalue weighted by Gasteiger charge is -2.20. The van der Waals surface area contributed by atoms with Gasteiger partial charge in [-0.3, -0.25) is 4.79 Å². The Labute approximate surface area is 106 Å². The second-order valence-electron chi connectivity index (χ2n) is 4.50. The quantitative estimate of drug-likeness (QED) is 0.834. The van der Waals surface area contributed by atoms with Crippen molar-refractivity contribution in [2.24, 2.45) is 0 Å². The molecule has 1 N–H and O–H groups in total. The normalized spacial score (nSPS) is 16.8. The van der Waals surface area contributed by atoms with Gasteiger partial charge in [0.15, 0.2) is 0 Å². The molecule has 1 aromatic carbocycles. The first kappa shape index (κ1) is 11.3. The molecule has 0 atom stereocenters. The molecule has 0 saturated carbocycles. The van der Waals surface area contributed by atoms with Gasteiger partial charge in [0.2, 0.25) is 0 Å². The number of aromatic nitrogens is 1. The summed E-state index contributed by atoms with van der Waals surface area (Å²) in [6.07, 6.45) is 2.78. The van der Waals surface area contributed by atoms with Crippen LogP contribution < -0.4 is 0 Å². The van der Waals surface area contributed by atoms with Gasteiger partial charge in [0.05, 0.1) is 6.61 Å². The van der Waals surface area contributed by atoms with E-state index >= 15 is 0 Å². The van der Waals surface area contributed by atoms with Crippen LogP contribution in [0.3, 0.4) is 0 Å². The largest absolute Gasteiger partial charge is 0.380 e. The van der Waals surface area contributed by atoms with E-state index < -0.39 is 0 Å². The molecule has 0 unspecified atom stereocenters. The number of amides is 1. The topological polar surface area (TPSA) is 45.3 Å². The van der Waals surface area contributed by atoms with Crippen molar-refractivity contribution in [3.63, 3.8) is 0 Å². The van der Waals surface area contributed by atoms with Crippen LogP contribution in [-0.4, -0.2) is 42.1 Å². The van der Waals surface area contributed by atoms with Gasteiger partial charge in [-0.15, -0.1) is 0 Å². The van der Waals surface area contributed by atoms with Crippen molar-refractivity contribution in [1.82, 2.24) is 9.88 Å². The Bertz CT molecular complexity index is 554. The van der Waals surface area contributed by atoms with Gasteiger partial charge in [-0.2, -0.15) is 0 Å². The maximum absolute atomic E-state index is 12.5. The fourth-order valence-electron chi connectivity index (χ4n) is 2.39. The van der Waals surface area contributed by atoms with E-state index in [2.05, 4.69) is 4.98 Å². The Balaban J connectivity index is 1.93. The second-order valence-corrected chi connectivity index (χ2v) is 4.50. The van der Waals surface area contributed by atoms with Gasteiger partial charge in [0, 0.05) is 42.4 Å².